The number of aryl methyl sites for hydroxylation is 1. The molecule has 2 nitrogen and oxygen atoms in total. The van der Waals surface area contributed by atoms with E-state index in [1.165, 1.54) is 0 Å². The fourth-order valence-corrected chi connectivity index (χ4v) is 2.35. The highest BCUT2D eigenvalue weighted by atomic mass is 19.1. The van der Waals surface area contributed by atoms with Crippen LogP contribution in [0.4, 0.5) is 10.1 Å². The Bertz CT molecular complexity index is 521. The van der Waals surface area contributed by atoms with Crippen molar-refractivity contribution in [2.24, 2.45) is 0 Å². The highest BCUT2D eigenvalue weighted by Crippen LogP contribution is 2.37. The van der Waals surface area contributed by atoms with Gasteiger partial charge in [0.05, 0.1) is 6.04 Å². The molecule has 1 aromatic heterocycles. The van der Waals surface area contributed by atoms with Crippen LogP contribution in [0.1, 0.15) is 22.7 Å². The lowest BCUT2D eigenvalue weighted by atomic mass is 10.0. The largest absolute Gasteiger partial charge is 0.377 e. The Morgan fingerprint density at radius 3 is 2.94 bits per heavy atom. The topological polar surface area (TPSA) is 24.9 Å². The molecule has 0 aliphatic carbocycles. The third kappa shape index (κ3) is 1.68. The highest BCUT2D eigenvalue weighted by Gasteiger charge is 2.25. The van der Waals surface area contributed by atoms with E-state index < -0.39 is 0 Å². The molecule has 1 atom stereocenters. The molecule has 0 saturated carbocycles. The van der Waals surface area contributed by atoms with Gasteiger partial charge < -0.3 is 5.32 Å². The van der Waals surface area contributed by atoms with Crippen molar-refractivity contribution >= 4 is 5.69 Å². The van der Waals surface area contributed by atoms with Crippen molar-refractivity contribution in [2.45, 2.75) is 19.4 Å². The van der Waals surface area contributed by atoms with Crippen LogP contribution in [0.3, 0.4) is 0 Å². The van der Waals surface area contributed by atoms with E-state index in [0.717, 1.165) is 22.4 Å². The molecule has 1 aliphatic heterocycles. The number of rotatable bonds is 1. The number of nitrogens with one attached hydrogen (secondary N) is 1. The second-order valence-electron chi connectivity index (χ2n) is 4.41. The first-order chi connectivity index (χ1) is 8.25. The number of anilines is 1. The van der Waals surface area contributed by atoms with Gasteiger partial charge in [0.25, 0.3) is 0 Å². The summed E-state index contributed by atoms with van der Waals surface area (Å²) in [6.07, 6.45) is 4.27. The van der Waals surface area contributed by atoms with Crippen molar-refractivity contribution < 1.29 is 4.39 Å². The van der Waals surface area contributed by atoms with E-state index >= 15 is 0 Å². The lowest BCUT2D eigenvalue weighted by Crippen LogP contribution is -2.06. The average molecular weight is 228 g/mol. The van der Waals surface area contributed by atoms with E-state index in [2.05, 4.69) is 10.3 Å². The Morgan fingerprint density at radius 2 is 2.24 bits per heavy atom. The molecule has 1 aliphatic rings. The van der Waals surface area contributed by atoms with Gasteiger partial charge >= 0.3 is 0 Å². The van der Waals surface area contributed by atoms with Crippen molar-refractivity contribution in [1.82, 2.24) is 4.98 Å². The number of pyridine rings is 1. The van der Waals surface area contributed by atoms with Crippen LogP contribution in [0.5, 0.6) is 0 Å². The van der Waals surface area contributed by atoms with E-state index in [4.69, 9.17) is 0 Å². The zero-order valence-corrected chi connectivity index (χ0v) is 9.57. The maximum Gasteiger partial charge on any atom is 0.128 e. The van der Waals surface area contributed by atoms with Crippen molar-refractivity contribution in [3.63, 3.8) is 0 Å². The van der Waals surface area contributed by atoms with Crippen molar-refractivity contribution in [2.75, 3.05) is 5.32 Å². The summed E-state index contributed by atoms with van der Waals surface area (Å²) in [6.45, 7) is 2.00. The van der Waals surface area contributed by atoms with Crippen molar-refractivity contribution in [1.29, 1.82) is 0 Å². The average Bonchev–Trinajstić information content (AvgIpc) is 2.81. The minimum Gasteiger partial charge on any atom is -0.377 e. The minimum atomic E-state index is -0.121. The second kappa shape index (κ2) is 3.84. The molecule has 0 amide bonds. The molecule has 2 aromatic rings. The number of fused-ring (bicyclic) bond motifs is 1. The zero-order valence-electron chi connectivity index (χ0n) is 9.57. The van der Waals surface area contributed by atoms with Crippen LogP contribution < -0.4 is 5.32 Å². The fourth-order valence-electron chi connectivity index (χ4n) is 2.35. The summed E-state index contributed by atoms with van der Waals surface area (Å²) >= 11 is 0. The van der Waals surface area contributed by atoms with E-state index in [1.807, 2.05) is 31.3 Å². The summed E-state index contributed by atoms with van der Waals surface area (Å²) < 4.78 is 13.7. The Balaban J connectivity index is 1.98. The van der Waals surface area contributed by atoms with Crippen molar-refractivity contribution in [3.8, 4) is 0 Å². The van der Waals surface area contributed by atoms with E-state index in [9.17, 15) is 4.39 Å². The van der Waals surface area contributed by atoms with Crippen LogP contribution in [0.2, 0.25) is 0 Å². The quantitative estimate of drug-likeness (QED) is 0.810. The predicted octanol–water partition coefficient (Wildman–Crippen LogP) is 3.24. The number of nitrogens with zero attached hydrogens (tertiary/aromatic N) is 1. The molecular weight excluding hydrogens is 215 g/mol. The van der Waals surface area contributed by atoms with Gasteiger partial charge in [0.2, 0.25) is 0 Å². The van der Waals surface area contributed by atoms with Gasteiger partial charge in [-0.25, -0.2) is 4.39 Å². The first-order valence-electron chi connectivity index (χ1n) is 5.70. The molecule has 0 fully saturated rings. The van der Waals surface area contributed by atoms with Crippen LogP contribution in [-0.2, 0) is 6.42 Å². The summed E-state index contributed by atoms with van der Waals surface area (Å²) in [7, 11) is 0. The molecule has 1 aromatic carbocycles. The zero-order chi connectivity index (χ0) is 11.8. The molecule has 3 heteroatoms. The van der Waals surface area contributed by atoms with E-state index in [-0.39, 0.29) is 11.9 Å². The molecule has 3 rings (SSSR count). The maximum absolute atomic E-state index is 13.7. The van der Waals surface area contributed by atoms with Crippen LogP contribution in [0, 0.1) is 12.7 Å². The molecule has 0 bridgehead atoms. The standard InChI is InChI=1S/C14H13FN2/c1-9-4-5-12(15)11-7-13(17-14(9)11)10-3-2-6-16-8-10/h2-6,8,13,17H,7H2,1H3. The SMILES string of the molecule is Cc1ccc(F)c2c1NC(c1cccnc1)C2. The summed E-state index contributed by atoms with van der Waals surface area (Å²) in [6, 6.07) is 7.41. The van der Waals surface area contributed by atoms with Gasteiger partial charge in [-0.1, -0.05) is 12.1 Å². The molecule has 1 unspecified atom stereocenters. The Kier molecular flexibility index (Phi) is 2.32. The summed E-state index contributed by atoms with van der Waals surface area (Å²) in [5, 5.41) is 3.38. The van der Waals surface area contributed by atoms with Gasteiger partial charge in [-0.2, -0.15) is 0 Å². The van der Waals surface area contributed by atoms with Gasteiger partial charge in [0.15, 0.2) is 0 Å². The normalized spacial score (nSPS) is 17.6. The smallest absolute Gasteiger partial charge is 0.128 e. The molecule has 17 heavy (non-hydrogen) atoms. The third-order valence-corrected chi connectivity index (χ3v) is 3.28. The molecule has 0 saturated heterocycles. The van der Waals surface area contributed by atoms with Crippen LogP contribution in [-0.4, -0.2) is 4.98 Å². The lowest BCUT2D eigenvalue weighted by Gasteiger charge is -2.11. The van der Waals surface area contributed by atoms with Crippen LogP contribution in [0.15, 0.2) is 36.7 Å². The summed E-state index contributed by atoms with van der Waals surface area (Å²) in [4.78, 5) is 4.10. The first kappa shape index (κ1) is 10.3. The maximum atomic E-state index is 13.7. The number of hydrogen-bond donors (Lipinski definition) is 1. The number of benzene rings is 1. The van der Waals surface area contributed by atoms with Gasteiger partial charge in [0, 0.05) is 30.1 Å². The lowest BCUT2D eigenvalue weighted by molar-refractivity contribution is 0.609. The summed E-state index contributed by atoms with van der Waals surface area (Å²) in [5.74, 6) is -0.121. The minimum absolute atomic E-state index is 0.121. The van der Waals surface area contributed by atoms with Gasteiger partial charge in [-0.3, -0.25) is 4.98 Å². The molecular formula is C14H13FN2. The van der Waals surface area contributed by atoms with E-state index in [1.54, 1.807) is 12.3 Å². The fraction of sp³-hybridized carbons (Fsp3) is 0.214. The number of aromatic nitrogens is 1. The monoisotopic (exact) mass is 228 g/mol. The second-order valence-corrected chi connectivity index (χ2v) is 4.41. The van der Waals surface area contributed by atoms with Gasteiger partial charge in [0.1, 0.15) is 5.82 Å². The van der Waals surface area contributed by atoms with E-state index in [0.29, 0.717) is 6.42 Å². The molecule has 86 valence electrons. The third-order valence-electron chi connectivity index (χ3n) is 3.28. The van der Waals surface area contributed by atoms with Crippen LogP contribution in [0.25, 0.3) is 0 Å². The number of halogens is 1. The summed E-state index contributed by atoms with van der Waals surface area (Å²) in [5.41, 5.74) is 3.92. The first-order valence-corrected chi connectivity index (χ1v) is 5.70. The molecule has 0 spiro atoms. The van der Waals surface area contributed by atoms with Crippen molar-refractivity contribution in [3.05, 3.63) is 59.2 Å². The van der Waals surface area contributed by atoms with Gasteiger partial charge in [-0.05, 0) is 30.2 Å². The Hall–Kier alpha value is -1.90. The predicted molar refractivity (Wildman–Crippen MR) is 65.4 cm³/mol. The molecule has 2 heterocycles. The van der Waals surface area contributed by atoms with Gasteiger partial charge in [-0.15, -0.1) is 0 Å². The molecule has 0 radical (unpaired) electrons. The Morgan fingerprint density at radius 1 is 1.35 bits per heavy atom. The highest BCUT2D eigenvalue weighted by molar-refractivity contribution is 5.63. The van der Waals surface area contributed by atoms with Crippen LogP contribution >= 0.6 is 0 Å². The molecule has 1 N–H and O–H groups in total. The Labute approximate surface area is 99.5 Å². The number of hydrogen-bond acceptors (Lipinski definition) is 2.